The van der Waals surface area contributed by atoms with Crippen LogP contribution in [0.25, 0.3) is 0 Å². The van der Waals surface area contributed by atoms with Gasteiger partial charge < -0.3 is 15.0 Å². The second-order valence-corrected chi connectivity index (χ2v) is 5.65. The van der Waals surface area contributed by atoms with Gasteiger partial charge in [-0.1, -0.05) is 64.2 Å². The monoisotopic (exact) mass is 294 g/mol. The van der Waals surface area contributed by atoms with Crippen LogP contribution in [0.5, 0.6) is 0 Å². The number of unbranched alkanes of at least 4 members (excludes halogenated alkanes) is 10. The van der Waals surface area contributed by atoms with E-state index in [2.05, 4.69) is 0 Å². The number of rotatable bonds is 14. The number of carboxylic acid groups (broad SMARTS) is 1. The van der Waals surface area contributed by atoms with Crippen LogP contribution in [-0.4, -0.2) is 17.2 Å². The third kappa shape index (κ3) is 20.7. The third-order valence-corrected chi connectivity index (χ3v) is 3.50. The Labute approximate surface area is 146 Å². The van der Waals surface area contributed by atoms with Gasteiger partial charge in [0.1, 0.15) is 0 Å². The Morgan fingerprint density at radius 2 is 1.20 bits per heavy atom. The molecule has 0 heterocycles. The summed E-state index contributed by atoms with van der Waals surface area (Å²) in [4.78, 5) is 10.2. The number of aliphatic hydroxyl groups excluding tert-OH is 1. The summed E-state index contributed by atoms with van der Waals surface area (Å²) in [5.41, 5.74) is 0. The summed E-state index contributed by atoms with van der Waals surface area (Å²) in [6, 6.07) is 0. The van der Waals surface area contributed by atoms with Crippen molar-refractivity contribution in [1.29, 1.82) is 0 Å². The molecule has 0 saturated heterocycles. The van der Waals surface area contributed by atoms with Gasteiger partial charge in [0.25, 0.3) is 0 Å². The van der Waals surface area contributed by atoms with Crippen molar-refractivity contribution >= 4 is 5.97 Å². The van der Waals surface area contributed by atoms with Crippen LogP contribution in [-0.2, 0) is 4.79 Å². The Kier molecular flexibility index (Phi) is 19.8. The molecule has 0 aliphatic carbocycles. The maximum absolute atomic E-state index is 10.2. The van der Waals surface area contributed by atoms with Crippen molar-refractivity contribution in [3.05, 3.63) is 0 Å². The van der Waals surface area contributed by atoms with Gasteiger partial charge in [-0.05, 0) is 26.2 Å². The SMILES string of the molecule is CC(O)CCCCCCCCCCCCCC(=O)[O-].[Na+]. The van der Waals surface area contributed by atoms with Gasteiger partial charge in [-0.2, -0.15) is 0 Å². The fourth-order valence-electron chi connectivity index (χ4n) is 2.30. The van der Waals surface area contributed by atoms with Gasteiger partial charge in [0.15, 0.2) is 0 Å². The topological polar surface area (TPSA) is 60.4 Å². The van der Waals surface area contributed by atoms with E-state index in [9.17, 15) is 9.90 Å². The van der Waals surface area contributed by atoms with Crippen LogP contribution in [0.1, 0.15) is 90.4 Å². The summed E-state index contributed by atoms with van der Waals surface area (Å²) in [7, 11) is 0. The molecule has 0 aliphatic rings. The number of carbonyl (C=O) groups is 1. The summed E-state index contributed by atoms with van der Waals surface area (Å²) in [6.45, 7) is 1.85. The van der Waals surface area contributed by atoms with Gasteiger partial charge in [0.2, 0.25) is 0 Å². The van der Waals surface area contributed by atoms with Crippen LogP contribution < -0.4 is 34.7 Å². The molecule has 3 nitrogen and oxygen atoms in total. The van der Waals surface area contributed by atoms with Crippen molar-refractivity contribution in [2.75, 3.05) is 0 Å². The first-order chi connectivity index (χ1) is 9.13. The number of hydrogen-bond acceptors (Lipinski definition) is 3. The normalized spacial score (nSPS) is 11.9. The van der Waals surface area contributed by atoms with E-state index in [0.717, 1.165) is 32.1 Å². The molecule has 4 heteroatoms. The Bertz CT molecular complexity index is 208. The Balaban J connectivity index is 0. The largest absolute Gasteiger partial charge is 1.00 e. The maximum atomic E-state index is 10.2. The van der Waals surface area contributed by atoms with E-state index in [1.165, 1.54) is 44.9 Å². The number of carbonyl (C=O) groups excluding carboxylic acids is 1. The van der Waals surface area contributed by atoms with Crippen LogP contribution in [0.2, 0.25) is 0 Å². The molecule has 0 aromatic heterocycles. The number of aliphatic carboxylic acids is 1. The molecular weight excluding hydrogens is 263 g/mol. The first-order valence-electron chi connectivity index (χ1n) is 8.01. The molecule has 0 saturated carbocycles. The van der Waals surface area contributed by atoms with Gasteiger partial charge >= 0.3 is 29.6 Å². The molecule has 0 bridgehead atoms. The maximum Gasteiger partial charge on any atom is 1.00 e. The summed E-state index contributed by atoms with van der Waals surface area (Å²) in [5, 5.41) is 19.3. The van der Waals surface area contributed by atoms with Crippen molar-refractivity contribution in [2.24, 2.45) is 0 Å². The molecule has 0 radical (unpaired) electrons. The zero-order valence-electron chi connectivity index (χ0n) is 13.5. The summed E-state index contributed by atoms with van der Waals surface area (Å²) >= 11 is 0. The van der Waals surface area contributed by atoms with Crippen molar-refractivity contribution < 1.29 is 44.6 Å². The van der Waals surface area contributed by atoms with Crippen molar-refractivity contribution in [3.63, 3.8) is 0 Å². The predicted molar refractivity (Wildman–Crippen MR) is 76.7 cm³/mol. The van der Waals surface area contributed by atoms with Crippen LogP contribution in [0.4, 0.5) is 0 Å². The molecule has 0 spiro atoms. The molecule has 1 unspecified atom stereocenters. The van der Waals surface area contributed by atoms with E-state index in [-0.39, 0.29) is 42.1 Å². The van der Waals surface area contributed by atoms with E-state index in [1.54, 1.807) is 0 Å². The zero-order valence-corrected chi connectivity index (χ0v) is 15.5. The predicted octanol–water partition coefficient (Wildman–Crippen LogP) is 0.192. The Morgan fingerprint density at radius 1 is 0.850 bits per heavy atom. The molecule has 0 amide bonds. The molecule has 0 rings (SSSR count). The summed E-state index contributed by atoms with van der Waals surface area (Å²) in [6.07, 6.45) is 14.1. The summed E-state index contributed by atoms with van der Waals surface area (Å²) in [5.74, 6) is -0.921. The van der Waals surface area contributed by atoms with E-state index < -0.39 is 5.97 Å². The summed E-state index contributed by atoms with van der Waals surface area (Å²) < 4.78 is 0. The van der Waals surface area contributed by atoms with Gasteiger partial charge in [-0.15, -0.1) is 0 Å². The van der Waals surface area contributed by atoms with E-state index in [0.29, 0.717) is 0 Å². The van der Waals surface area contributed by atoms with Gasteiger partial charge in [-0.25, -0.2) is 0 Å². The fraction of sp³-hybridized carbons (Fsp3) is 0.938. The molecule has 20 heavy (non-hydrogen) atoms. The van der Waals surface area contributed by atoms with Crippen LogP contribution in [0.15, 0.2) is 0 Å². The molecule has 0 fully saturated rings. The first kappa shape index (κ1) is 22.7. The third-order valence-electron chi connectivity index (χ3n) is 3.50. The standard InChI is InChI=1S/C16H32O3.Na/c1-15(17)13-11-9-7-5-3-2-4-6-8-10-12-14-16(18)19;/h15,17H,2-14H2,1H3,(H,18,19);/q;+1/p-1. The molecule has 0 aliphatic heterocycles. The van der Waals surface area contributed by atoms with E-state index >= 15 is 0 Å². The average molecular weight is 294 g/mol. The van der Waals surface area contributed by atoms with Gasteiger partial charge in [-0.3, -0.25) is 0 Å². The van der Waals surface area contributed by atoms with E-state index in [4.69, 9.17) is 5.11 Å². The van der Waals surface area contributed by atoms with Crippen molar-refractivity contribution in [1.82, 2.24) is 0 Å². The second-order valence-electron chi connectivity index (χ2n) is 5.65. The smallest absolute Gasteiger partial charge is 0.550 e. The number of hydrogen-bond donors (Lipinski definition) is 1. The van der Waals surface area contributed by atoms with Gasteiger partial charge in [0, 0.05) is 5.97 Å². The molecule has 1 N–H and O–H groups in total. The molecule has 1 atom stereocenters. The van der Waals surface area contributed by atoms with Crippen LogP contribution >= 0.6 is 0 Å². The Morgan fingerprint density at radius 3 is 1.55 bits per heavy atom. The fourth-order valence-corrected chi connectivity index (χ4v) is 2.30. The molecule has 0 aromatic carbocycles. The van der Waals surface area contributed by atoms with Crippen LogP contribution in [0, 0.1) is 0 Å². The minimum absolute atomic E-state index is 0. The van der Waals surface area contributed by atoms with Crippen molar-refractivity contribution in [3.8, 4) is 0 Å². The number of carboxylic acids is 1. The molecule has 0 aromatic rings. The second kappa shape index (κ2) is 17.5. The molecule has 114 valence electrons. The molecular formula is C16H31NaO3. The minimum Gasteiger partial charge on any atom is -0.550 e. The van der Waals surface area contributed by atoms with Gasteiger partial charge in [0.05, 0.1) is 6.10 Å². The quantitative estimate of drug-likeness (QED) is 0.367. The van der Waals surface area contributed by atoms with Crippen molar-refractivity contribution in [2.45, 2.75) is 96.5 Å². The average Bonchev–Trinajstić information content (AvgIpc) is 2.34. The first-order valence-corrected chi connectivity index (χ1v) is 8.01. The van der Waals surface area contributed by atoms with Crippen LogP contribution in [0.3, 0.4) is 0 Å². The number of aliphatic hydroxyl groups is 1. The zero-order chi connectivity index (χ0) is 14.3. The minimum atomic E-state index is -0.921. The van der Waals surface area contributed by atoms with E-state index in [1.807, 2.05) is 6.92 Å². The Hall–Kier alpha value is 0.430.